The number of amides is 1. The van der Waals surface area contributed by atoms with Crippen molar-refractivity contribution in [2.75, 3.05) is 5.32 Å². The van der Waals surface area contributed by atoms with Gasteiger partial charge < -0.3 is 24.6 Å². The lowest BCUT2D eigenvalue weighted by Gasteiger charge is -2.13. The smallest absolute Gasteiger partial charge is 0.335 e. The third-order valence-electron chi connectivity index (χ3n) is 6.21. The van der Waals surface area contributed by atoms with Gasteiger partial charge in [0.2, 0.25) is 0 Å². The Kier molecular flexibility index (Phi) is 7.56. The Balaban J connectivity index is 1.41. The number of rotatable bonds is 8. The number of nitrogens with one attached hydrogen (secondary N) is 2. The Hall–Kier alpha value is -5.72. The second kappa shape index (κ2) is 11.4. The molecule has 0 atom stereocenters. The van der Waals surface area contributed by atoms with Crippen LogP contribution in [0.2, 0.25) is 0 Å². The number of pyridine rings is 1. The van der Waals surface area contributed by atoms with E-state index in [1.807, 2.05) is 7.05 Å². The van der Waals surface area contributed by atoms with E-state index in [1.165, 1.54) is 31.3 Å². The van der Waals surface area contributed by atoms with E-state index in [0.717, 1.165) is 39.7 Å². The van der Waals surface area contributed by atoms with Crippen molar-refractivity contribution in [3.05, 3.63) is 117 Å². The molecule has 0 radical (unpaired) electrons. The fourth-order valence-electron chi connectivity index (χ4n) is 4.13. The zero-order chi connectivity index (χ0) is 30.0. The van der Waals surface area contributed by atoms with Gasteiger partial charge in [0.25, 0.3) is 11.5 Å². The minimum Gasteiger partial charge on any atom is -0.452 e. The molecule has 3 aromatic heterocycles. The molecule has 0 aliphatic carbocycles. The van der Waals surface area contributed by atoms with Crippen molar-refractivity contribution in [1.82, 2.24) is 23.7 Å². The number of ether oxygens (including phenoxy) is 1. The zero-order valence-corrected chi connectivity index (χ0v) is 22.3. The van der Waals surface area contributed by atoms with Gasteiger partial charge in [0.1, 0.15) is 17.1 Å². The Bertz CT molecular complexity index is 1950. The van der Waals surface area contributed by atoms with Gasteiger partial charge in [-0.15, -0.1) is 0 Å². The summed E-state index contributed by atoms with van der Waals surface area (Å²) in [7, 11) is 3.18. The number of imidazole rings is 1. The van der Waals surface area contributed by atoms with E-state index in [2.05, 4.69) is 15.3 Å². The third kappa shape index (κ3) is 5.61. The van der Waals surface area contributed by atoms with Gasteiger partial charge in [0.15, 0.2) is 11.6 Å². The lowest BCUT2D eigenvalue weighted by atomic mass is 10.1. The molecule has 11 nitrogen and oxygen atoms in total. The van der Waals surface area contributed by atoms with Gasteiger partial charge in [-0.3, -0.25) is 14.6 Å². The molecule has 0 saturated carbocycles. The van der Waals surface area contributed by atoms with E-state index in [9.17, 15) is 18.8 Å². The normalized spacial score (nSPS) is 10.9. The number of hydrogen-bond acceptors (Lipinski definition) is 7. The molecule has 212 valence electrons. The third-order valence-corrected chi connectivity index (χ3v) is 6.21. The Morgan fingerprint density at radius 1 is 1.02 bits per heavy atom. The van der Waals surface area contributed by atoms with Gasteiger partial charge in [-0.2, -0.15) is 0 Å². The molecule has 5 rings (SSSR count). The van der Waals surface area contributed by atoms with E-state index in [4.69, 9.17) is 10.1 Å². The summed E-state index contributed by atoms with van der Waals surface area (Å²) in [5, 5.41) is 9.90. The molecule has 2 aromatic carbocycles. The van der Waals surface area contributed by atoms with Crippen LogP contribution >= 0.6 is 0 Å². The number of carbonyl (C=O) groups excluding carboxylic acids is 1. The maximum atomic E-state index is 15.1. The van der Waals surface area contributed by atoms with Crippen LogP contribution in [-0.4, -0.2) is 35.8 Å². The average Bonchev–Trinajstić information content (AvgIpc) is 3.40. The molecule has 1 amide bonds. The first-order chi connectivity index (χ1) is 20.1. The Labute approximate surface area is 236 Å². The highest BCUT2D eigenvalue weighted by atomic mass is 19.1. The molecule has 0 aliphatic rings. The van der Waals surface area contributed by atoms with Gasteiger partial charge in [-0.05, 0) is 42.5 Å². The van der Waals surface area contributed by atoms with E-state index in [-0.39, 0.29) is 29.3 Å². The van der Waals surface area contributed by atoms with E-state index in [1.54, 1.807) is 29.4 Å². The molecule has 0 spiro atoms. The summed E-state index contributed by atoms with van der Waals surface area (Å²) in [5.74, 6) is -2.21. The SMILES string of the molecule is Cn1cnc(-c2cnc(CC=N)c(Oc3ccc(NC(=O)c4cn(C)c(=O)n(-c5ccc(F)cc5)c4=O)cc3F)c2)c1. The highest BCUT2D eigenvalue weighted by Gasteiger charge is 2.19. The van der Waals surface area contributed by atoms with E-state index < -0.39 is 34.4 Å². The van der Waals surface area contributed by atoms with Crippen molar-refractivity contribution >= 4 is 17.8 Å². The highest BCUT2D eigenvalue weighted by Crippen LogP contribution is 2.31. The van der Waals surface area contributed by atoms with Crippen molar-refractivity contribution < 1.29 is 18.3 Å². The average molecular weight is 572 g/mol. The van der Waals surface area contributed by atoms with Crippen molar-refractivity contribution in [3.8, 4) is 28.4 Å². The van der Waals surface area contributed by atoms with Gasteiger partial charge in [0.05, 0.1) is 23.4 Å². The maximum absolute atomic E-state index is 15.1. The van der Waals surface area contributed by atoms with Crippen LogP contribution in [0.5, 0.6) is 11.5 Å². The molecule has 0 unspecified atom stereocenters. The summed E-state index contributed by atoms with van der Waals surface area (Å²) < 4.78 is 37.9. The van der Waals surface area contributed by atoms with Crippen LogP contribution in [0.1, 0.15) is 16.1 Å². The summed E-state index contributed by atoms with van der Waals surface area (Å²) in [4.78, 5) is 47.4. The standard InChI is InChI=1S/C29H23F2N7O4/c1-36-15-24(34-16-36)17-11-26(23(9-10-32)33-13-17)42-25-8-5-19(12-22(25)31)35-27(39)21-14-37(2)29(41)38(28(21)40)20-6-3-18(30)4-7-20/h3-8,10-16,32H,9H2,1-2H3,(H,35,39). The molecule has 2 N–H and O–H groups in total. The van der Waals surface area contributed by atoms with Crippen LogP contribution < -0.4 is 21.3 Å². The van der Waals surface area contributed by atoms with Crippen molar-refractivity contribution in [3.63, 3.8) is 0 Å². The predicted octanol–water partition coefficient (Wildman–Crippen LogP) is 3.85. The Morgan fingerprint density at radius 3 is 2.45 bits per heavy atom. The fourth-order valence-corrected chi connectivity index (χ4v) is 4.13. The molecular weight excluding hydrogens is 548 g/mol. The number of hydrogen-bond donors (Lipinski definition) is 2. The number of benzene rings is 2. The number of aryl methyl sites for hydroxylation is 2. The van der Waals surface area contributed by atoms with Crippen LogP contribution in [0.15, 0.2) is 83.0 Å². The van der Waals surface area contributed by atoms with Gasteiger partial charge in [-0.1, -0.05) is 0 Å². The summed E-state index contributed by atoms with van der Waals surface area (Å²) >= 11 is 0. The predicted molar refractivity (Wildman–Crippen MR) is 151 cm³/mol. The highest BCUT2D eigenvalue weighted by molar-refractivity contribution is 6.03. The number of carbonyl (C=O) groups is 1. The molecule has 0 saturated heterocycles. The summed E-state index contributed by atoms with van der Waals surface area (Å²) in [6, 6.07) is 9.98. The van der Waals surface area contributed by atoms with Crippen molar-refractivity contribution in [2.45, 2.75) is 6.42 Å². The van der Waals surface area contributed by atoms with Crippen molar-refractivity contribution in [1.29, 1.82) is 5.41 Å². The van der Waals surface area contributed by atoms with Crippen LogP contribution in [0.4, 0.5) is 14.5 Å². The first-order valence-electron chi connectivity index (χ1n) is 12.5. The largest absolute Gasteiger partial charge is 0.452 e. The topological polar surface area (TPSA) is 137 Å². The molecule has 0 aliphatic heterocycles. The zero-order valence-electron chi connectivity index (χ0n) is 22.3. The quantitative estimate of drug-likeness (QED) is 0.272. The number of halogens is 2. The Morgan fingerprint density at radius 2 is 1.79 bits per heavy atom. The van der Waals surface area contributed by atoms with E-state index in [0.29, 0.717) is 17.0 Å². The second-order valence-corrected chi connectivity index (χ2v) is 9.26. The molecule has 0 bridgehead atoms. The summed E-state index contributed by atoms with van der Waals surface area (Å²) in [6.07, 6.45) is 7.37. The molecule has 13 heteroatoms. The molecule has 3 heterocycles. The molecule has 0 fully saturated rings. The van der Waals surface area contributed by atoms with Crippen LogP contribution in [-0.2, 0) is 20.5 Å². The maximum Gasteiger partial charge on any atom is 0.335 e. The summed E-state index contributed by atoms with van der Waals surface area (Å²) in [6.45, 7) is 0. The monoisotopic (exact) mass is 571 g/mol. The van der Waals surface area contributed by atoms with Gasteiger partial charge in [-0.25, -0.2) is 23.1 Å². The second-order valence-electron chi connectivity index (χ2n) is 9.26. The lowest BCUT2D eigenvalue weighted by Crippen LogP contribution is -2.41. The summed E-state index contributed by atoms with van der Waals surface area (Å²) in [5.41, 5.74) is -0.288. The van der Waals surface area contributed by atoms with Gasteiger partial charge >= 0.3 is 5.69 Å². The number of anilines is 1. The van der Waals surface area contributed by atoms with Crippen LogP contribution in [0, 0.1) is 17.0 Å². The van der Waals surface area contributed by atoms with Crippen molar-refractivity contribution in [2.24, 2.45) is 14.1 Å². The van der Waals surface area contributed by atoms with Crippen LogP contribution in [0.25, 0.3) is 16.9 Å². The minimum absolute atomic E-state index is 0.0199. The first-order valence-corrected chi connectivity index (χ1v) is 12.5. The fraction of sp³-hybridized carbons (Fsp3) is 0.103. The molecule has 42 heavy (non-hydrogen) atoms. The molecule has 5 aromatic rings. The molecular formula is C29H23F2N7O4. The lowest BCUT2D eigenvalue weighted by molar-refractivity contribution is 0.102. The van der Waals surface area contributed by atoms with Crippen LogP contribution in [0.3, 0.4) is 0 Å². The number of aromatic nitrogens is 5. The first kappa shape index (κ1) is 27.8. The number of nitrogens with zero attached hydrogens (tertiary/aromatic N) is 5. The minimum atomic E-state index is -0.929. The van der Waals surface area contributed by atoms with Gasteiger partial charge in [0, 0.05) is 62.6 Å². The van der Waals surface area contributed by atoms with E-state index >= 15 is 4.39 Å².